The molecule has 0 spiro atoms. The Bertz CT molecular complexity index is 764. The Balaban J connectivity index is 1.42. The van der Waals surface area contributed by atoms with Crippen molar-refractivity contribution >= 4 is 17.7 Å². The van der Waals surface area contributed by atoms with Gasteiger partial charge in [0, 0.05) is 0 Å². The van der Waals surface area contributed by atoms with E-state index in [-0.39, 0.29) is 24.0 Å². The van der Waals surface area contributed by atoms with Crippen LogP contribution in [0.4, 0.5) is 0 Å². The van der Waals surface area contributed by atoms with E-state index in [1.54, 1.807) is 13.0 Å². The number of nitrogens with one attached hydrogen (secondary N) is 1. The molecule has 5 atom stereocenters. The standard InChI is InChI=1S/C19H22N2O5/c1-9-4-5-12(8-10(9)2)25-11(3)17(22)20-21-18(23)15-13-6-7-14(26-13)16(15)19(21)24/h4-5,8,11,13-16H,6-7H2,1-3H3,(H,20,22)/t11-,13-,14-,15+,16+/m1/s1. The minimum absolute atomic E-state index is 0.201. The lowest BCUT2D eigenvalue weighted by Gasteiger charge is -2.21. The predicted octanol–water partition coefficient (Wildman–Crippen LogP) is 1.26. The van der Waals surface area contributed by atoms with Crippen molar-refractivity contribution in [2.24, 2.45) is 11.8 Å². The van der Waals surface area contributed by atoms with Gasteiger partial charge in [0.25, 0.3) is 17.7 Å². The van der Waals surface area contributed by atoms with Gasteiger partial charge in [-0.15, -0.1) is 0 Å². The van der Waals surface area contributed by atoms with Crippen molar-refractivity contribution in [2.45, 2.75) is 51.9 Å². The summed E-state index contributed by atoms with van der Waals surface area (Å²) in [6, 6.07) is 5.56. The molecule has 0 unspecified atom stereocenters. The third kappa shape index (κ3) is 2.58. The number of aryl methyl sites for hydroxylation is 2. The smallest absolute Gasteiger partial charge is 0.279 e. The van der Waals surface area contributed by atoms with Gasteiger partial charge in [0.2, 0.25) is 0 Å². The minimum atomic E-state index is -0.842. The van der Waals surface area contributed by atoms with Crippen LogP contribution in [-0.2, 0) is 19.1 Å². The third-order valence-electron chi connectivity index (χ3n) is 5.67. The summed E-state index contributed by atoms with van der Waals surface area (Å²) >= 11 is 0. The Morgan fingerprint density at radius 3 is 2.35 bits per heavy atom. The fraction of sp³-hybridized carbons (Fsp3) is 0.526. The number of nitrogens with zero attached hydrogens (tertiary/aromatic N) is 1. The molecule has 1 aromatic carbocycles. The highest BCUT2D eigenvalue weighted by Crippen LogP contribution is 2.48. The average molecular weight is 358 g/mol. The first-order valence-electron chi connectivity index (χ1n) is 8.94. The van der Waals surface area contributed by atoms with Crippen LogP contribution in [0.2, 0.25) is 0 Å². The summed E-state index contributed by atoms with van der Waals surface area (Å²) in [6.07, 6.45) is 0.337. The summed E-state index contributed by atoms with van der Waals surface area (Å²) in [6.45, 7) is 5.54. The van der Waals surface area contributed by atoms with E-state index in [9.17, 15) is 14.4 Å². The Labute approximate surface area is 151 Å². The lowest BCUT2D eigenvalue weighted by atomic mass is 9.81. The molecule has 2 bridgehead atoms. The van der Waals surface area contributed by atoms with Gasteiger partial charge in [-0.1, -0.05) is 6.07 Å². The van der Waals surface area contributed by atoms with Gasteiger partial charge in [0.05, 0.1) is 24.0 Å². The fourth-order valence-electron chi connectivity index (χ4n) is 4.07. The Kier molecular flexibility index (Phi) is 3.99. The monoisotopic (exact) mass is 358 g/mol. The first-order chi connectivity index (χ1) is 12.4. The van der Waals surface area contributed by atoms with E-state index < -0.39 is 23.8 Å². The summed E-state index contributed by atoms with van der Waals surface area (Å²) < 4.78 is 11.3. The molecule has 26 heavy (non-hydrogen) atoms. The Morgan fingerprint density at radius 2 is 1.77 bits per heavy atom. The quantitative estimate of drug-likeness (QED) is 0.819. The number of ether oxygens (including phenoxy) is 2. The van der Waals surface area contributed by atoms with Gasteiger partial charge in [0.1, 0.15) is 5.75 Å². The number of hydrazine groups is 1. The lowest BCUT2D eigenvalue weighted by Crippen LogP contribution is -2.51. The van der Waals surface area contributed by atoms with E-state index in [0.29, 0.717) is 5.75 Å². The molecule has 0 radical (unpaired) electrons. The van der Waals surface area contributed by atoms with Crippen molar-refractivity contribution in [1.82, 2.24) is 10.4 Å². The predicted molar refractivity (Wildman–Crippen MR) is 90.9 cm³/mol. The normalized spacial score (nSPS) is 30.5. The van der Waals surface area contributed by atoms with Crippen LogP contribution >= 0.6 is 0 Å². The van der Waals surface area contributed by atoms with Gasteiger partial charge in [-0.2, -0.15) is 5.01 Å². The molecule has 0 aliphatic carbocycles. The summed E-state index contributed by atoms with van der Waals surface area (Å²) in [5.74, 6) is -1.63. The third-order valence-corrected chi connectivity index (χ3v) is 5.67. The van der Waals surface area contributed by atoms with E-state index in [1.807, 2.05) is 26.0 Å². The Morgan fingerprint density at radius 1 is 1.15 bits per heavy atom. The highest BCUT2D eigenvalue weighted by Gasteiger charge is 2.63. The van der Waals surface area contributed by atoms with Gasteiger partial charge >= 0.3 is 0 Å². The number of amides is 3. The summed E-state index contributed by atoms with van der Waals surface area (Å²) in [5.41, 5.74) is 4.63. The molecule has 0 saturated carbocycles. The number of carbonyl (C=O) groups excluding carboxylic acids is 3. The fourth-order valence-corrected chi connectivity index (χ4v) is 4.07. The molecule has 3 aliphatic heterocycles. The topological polar surface area (TPSA) is 84.9 Å². The zero-order valence-corrected chi connectivity index (χ0v) is 15.0. The molecule has 1 N–H and O–H groups in total. The molecule has 0 aromatic heterocycles. The molecule has 7 nitrogen and oxygen atoms in total. The molecule has 3 amide bonds. The second-order valence-electron chi connectivity index (χ2n) is 7.34. The van der Waals surface area contributed by atoms with Crippen molar-refractivity contribution in [2.75, 3.05) is 0 Å². The minimum Gasteiger partial charge on any atom is -0.481 e. The number of hydrogen-bond donors (Lipinski definition) is 1. The highest BCUT2D eigenvalue weighted by atomic mass is 16.5. The van der Waals surface area contributed by atoms with E-state index in [2.05, 4.69) is 5.43 Å². The van der Waals surface area contributed by atoms with Gasteiger partial charge in [-0.3, -0.25) is 19.8 Å². The second-order valence-corrected chi connectivity index (χ2v) is 7.34. The van der Waals surface area contributed by atoms with Crippen molar-refractivity contribution in [1.29, 1.82) is 0 Å². The highest BCUT2D eigenvalue weighted by molar-refractivity contribution is 6.07. The molecule has 3 saturated heterocycles. The van der Waals surface area contributed by atoms with Crippen molar-refractivity contribution in [3.05, 3.63) is 29.3 Å². The summed E-state index contributed by atoms with van der Waals surface area (Å²) in [7, 11) is 0. The maximum Gasteiger partial charge on any atom is 0.279 e. The molecule has 3 heterocycles. The maximum atomic E-state index is 12.6. The summed E-state index contributed by atoms with van der Waals surface area (Å²) in [5, 5.41) is 0.867. The van der Waals surface area contributed by atoms with E-state index in [4.69, 9.17) is 9.47 Å². The lowest BCUT2D eigenvalue weighted by molar-refractivity contribution is -0.153. The largest absolute Gasteiger partial charge is 0.481 e. The number of fused-ring (bicyclic) bond motifs is 5. The van der Waals surface area contributed by atoms with Crippen LogP contribution in [0.1, 0.15) is 30.9 Å². The number of imide groups is 1. The zero-order chi connectivity index (χ0) is 18.6. The first kappa shape index (κ1) is 17.0. The van der Waals surface area contributed by atoms with Crippen LogP contribution in [0, 0.1) is 25.7 Å². The molecule has 3 aliphatic rings. The van der Waals surface area contributed by atoms with Crippen LogP contribution < -0.4 is 10.2 Å². The second kappa shape index (κ2) is 6.09. The molecule has 4 rings (SSSR count). The van der Waals surface area contributed by atoms with Crippen LogP contribution in [0.25, 0.3) is 0 Å². The summed E-state index contributed by atoms with van der Waals surface area (Å²) in [4.78, 5) is 37.5. The number of rotatable bonds is 4. The van der Waals surface area contributed by atoms with Crippen molar-refractivity contribution < 1.29 is 23.9 Å². The van der Waals surface area contributed by atoms with Crippen LogP contribution in [0.15, 0.2) is 18.2 Å². The maximum absolute atomic E-state index is 12.6. The molecule has 7 heteroatoms. The number of carbonyl (C=O) groups is 3. The zero-order valence-electron chi connectivity index (χ0n) is 15.0. The molecular weight excluding hydrogens is 336 g/mol. The van der Waals surface area contributed by atoms with Crippen LogP contribution in [0.5, 0.6) is 5.75 Å². The molecule has 1 aromatic rings. The van der Waals surface area contributed by atoms with Gasteiger partial charge < -0.3 is 9.47 Å². The van der Waals surface area contributed by atoms with E-state index >= 15 is 0 Å². The number of benzene rings is 1. The molecule has 138 valence electrons. The van der Waals surface area contributed by atoms with Gasteiger partial charge in [-0.05, 0) is 56.9 Å². The number of hydrogen-bond acceptors (Lipinski definition) is 5. The van der Waals surface area contributed by atoms with Crippen LogP contribution in [-0.4, -0.2) is 41.0 Å². The SMILES string of the molecule is Cc1ccc(O[C@H](C)C(=O)NN2C(=O)[C@@H]3[C@@H](C2=O)[C@H]2CC[C@H]3O2)cc1C. The van der Waals surface area contributed by atoms with Crippen molar-refractivity contribution in [3.8, 4) is 5.75 Å². The van der Waals surface area contributed by atoms with Crippen LogP contribution in [0.3, 0.4) is 0 Å². The molecule has 3 fully saturated rings. The first-order valence-corrected chi connectivity index (χ1v) is 8.94. The van der Waals surface area contributed by atoms with Crippen molar-refractivity contribution in [3.63, 3.8) is 0 Å². The van der Waals surface area contributed by atoms with E-state index in [1.165, 1.54) is 0 Å². The van der Waals surface area contributed by atoms with E-state index in [0.717, 1.165) is 29.0 Å². The Hall–Kier alpha value is -2.41. The van der Waals surface area contributed by atoms with Gasteiger partial charge in [0.15, 0.2) is 6.10 Å². The average Bonchev–Trinajstić information content (AvgIpc) is 3.28. The van der Waals surface area contributed by atoms with Gasteiger partial charge in [-0.25, -0.2) is 0 Å². The molecular formula is C19H22N2O5.